The number of rotatable bonds is 6. The molecule has 1 fully saturated rings. The number of nitrogens with one attached hydrogen (secondary N) is 1. The molecule has 0 bridgehead atoms. The van der Waals surface area contributed by atoms with Crippen LogP contribution in [0.25, 0.3) is 0 Å². The van der Waals surface area contributed by atoms with Gasteiger partial charge in [0.25, 0.3) is 0 Å². The van der Waals surface area contributed by atoms with Crippen LogP contribution in [0.15, 0.2) is 12.3 Å². The molecular formula is C16H29N3. The first-order valence-electron chi connectivity index (χ1n) is 7.90. The Balaban J connectivity index is 1.86. The van der Waals surface area contributed by atoms with E-state index < -0.39 is 0 Å². The van der Waals surface area contributed by atoms with E-state index in [2.05, 4.69) is 43.0 Å². The Morgan fingerprint density at radius 3 is 2.74 bits per heavy atom. The first-order chi connectivity index (χ1) is 9.11. The molecule has 1 N–H and O–H groups in total. The second-order valence-corrected chi connectivity index (χ2v) is 6.57. The fraction of sp³-hybridized carbons (Fsp3) is 0.812. The van der Waals surface area contributed by atoms with Crippen molar-refractivity contribution >= 4 is 0 Å². The molecule has 1 heterocycles. The maximum Gasteiger partial charge on any atom is 0.0762 e. The zero-order valence-electron chi connectivity index (χ0n) is 12.8. The van der Waals surface area contributed by atoms with Gasteiger partial charge in [-0.3, -0.25) is 4.68 Å². The van der Waals surface area contributed by atoms with Crippen molar-refractivity contribution in [2.24, 2.45) is 0 Å². The second kappa shape index (κ2) is 6.56. The van der Waals surface area contributed by atoms with E-state index in [1.54, 1.807) is 0 Å². The number of hydrogen-bond acceptors (Lipinski definition) is 2. The zero-order valence-corrected chi connectivity index (χ0v) is 12.8. The van der Waals surface area contributed by atoms with Gasteiger partial charge in [0.2, 0.25) is 0 Å². The smallest absolute Gasteiger partial charge is 0.0762 e. The highest BCUT2D eigenvalue weighted by molar-refractivity contribution is 5.00. The summed E-state index contributed by atoms with van der Waals surface area (Å²) in [6, 6.07) is 2.81. The lowest BCUT2D eigenvalue weighted by atomic mass is 9.96. The van der Waals surface area contributed by atoms with Crippen LogP contribution in [0.5, 0.6) is 0 Å². The highest BCUT2D eigenvalue weighted by atomic mass is 15.3. The summed E-state index contributed by atoms with van der Waals surface area (Å²) in [7, 11) is 0. The van der Waals surface area contributed by atoms with Crippen LogP contribution in [0.2, 0.25) is 0 Å². The van der Waals surface area contributed by atoms with E-state index in [9.17, 15) is 0 Å². The van der Waals surface area contributed by atoms with Crippen LogP contribution >= 0.6 is 0 Å². The van der Waals surface area contributed by atoms with Gasteiger partial charge < -0.3 is 5.32 Å². The van der Waals surface area contributed by atoms with Crippen molar-refractivity contribution in [3.8, 4) is 0 Å². The lowest BCUT2D eigenvalue weighted by Gasteiger charge is -2.25. The number of hydrogen-bond donors (Lipinski definition) is 1. The molecule has 1 aromatic heterocycles. The third-order valence-electron chi connectivity index (χ3n) is 4.24. The molecule has 19 heavy (non-hydrogen) atoms. The molecule has 3 heteroatoms. The predicted octanol–water partition coefficient (Wildman–Crippen LogP) is 4.06. The van der Waals surface area contributed by atoms with Gasteiger partial charge in [-0.05, 0) is 39.2 Å². The van der Waals surface area contributed by atoms with Crippen molar-refractivity contribution < 1.29 is 0 Å². The van der Waals surface area contributed by atoms with Gasteiger partial charge in [0.05, 0.1) is 11.7 Å². The predicted molar refractivity (Wildman–Crippen MR) is 80.2 cm³/mol. The van der Waals surface area contributed by atoms with Crippen LogP contribution in [0.3, 0.4) is 0 Å². The van der Waals surface area contributed by atoms with Crippen LogP contribution in [-0.4, -0.2) is 15.3 Å². The Morgan fingerprint density at radius 1 is 1.32 bits per heavy atom. The van der Waals surface area contributed by atoms with Gasteiger partial charge in [-0.15, -0.1) is 0 Å². The van der Waals surface area contributed by atoms with Crippen LogP contribution in [-0.2, 0) is 6.54 Å². The standard InChI is InChI=1S/C16H29N3/c1-4-11-16(2,3)17-13-14-10-12-19(18-14)15-8-6-5-7-9-15/h10,12,15,17H,4-9,11,13H2,1-3H3. The molecule has 2 rings (SSSR count). The third-order valence-corrected chi connectivity index (χ3v) is 4.24. The van der Waals surface area contributed by atoms with Crippen molar-refractivity contribution in [2.75, 3.05) is 0 Å². The van der Waals surface area contributed by atoms with Crippen molar-refractivity contribution in [1.82, 2.24) is 15.1 Å². The maximum absolute atomic E-state index is 4.75. The van der Waals surface area contributed by atoms with E-state index in [-0.39, 0.29) is 5.54 Å². The first kappa shape index (κ1) is 14.6. The van der Waals surface area contributed by atoms with Crippen LogP contribution in [0.4, 0.5) is 0 Å². The molecule has 0 atom stereocenters. The van der Waals surface area contributed by atoms with Gasteiger partial charge in [-0.25, -0.2) is 0 Å². The minimum Gasteiger partial charge on any atom is -0.306 e. The van der Waals surface area contributed by atoms with Crippen LogP contribution < -0.4 is 5.32 Å². The molecule has 1 saturated carbocycles. The molecule has 0 radical (unpaired) electrons. The molecule has 3 nitrogen and oxygen atoms in total. The van der Waals surface area contributed by atoms with E-state index >= 15 is 0 Å². The minimum atomic E-state index is 0.212. The van der Waals surface area contributed by atoms with Crippen molar-refractivity contribution in [1.29, 1.82) is 0 Å². The summed E-state index contributed by atoms with van der Waals surface area (Å²) in [5.74, 6) is 0. The van der Waals surface area contributed by atoms with Gasteiger partial charge in [-0.1, -0.05) is 32.6 Å². The van der Waals surface area contributed by atoms with Crippen molar-refractivity contribution in [3.63, 3.8) is 0 Å². The van der Waals surface area contributed by atoms with Gasteiger partial charge in [0.15, 0.2) is 0 Å². The fourth-order valence-corrected chi connectivity index (χ4v) is 3.06. The summed E-state index contributed by atoms with van der Waals surface area (Å²) in [6.07, 6.45) is 11.3. The average molecular weight is 263 g/mol. The van der Waals surface area contributed by atoms with Gasteiger partial charge in [0.1, 0.15) is 0 Å². The lowest BCUT2D eigenvalue weighted by Crippen LogP contribution is -2.38. The molecule has 0 aliphatic heterocycles. The highest BCUT2D eigenvalue weighted by Gasteiger charge is 2.18. The Hall–Kier alpha value is -0.830. The van der Waals surface area contributed by atoms with Crippen LogP contribution in [0.1, 0.15) is 77.5 Å². The van der Waals surface area contributed by atoms with Gasteiger partial charge in [-0.2, -0.15) is 5.10 Å². The molecular weight excluding hydrogens is 234 g/mol. The summed E-state index contributed by atoms with van der Waals surface area (Å²) < 4.78 is 2.20. The first-order valence-corrected chi connectivity index (χ1v) is 7.90. The molecule has 0 saturated heterocycles. The lowest BCUT2D eigenvalue weighted by molar-refractivity contribution is 0.323. The van der Waals surface area contributed by atoms with Crippen molar-refractivity contribution in [3.05, 3.63) is 18.0 Å². The number of nitrogens with zero attached hydrogens (tertiary/aromatic N) is 2. The number of aromatic nitrogens is 2. The highest BCUT2D eigenvalue weighted by Crippen LogP contribution is 2.27. The third kappa shape index (κ3) is 4.34. The van der Waals surface area contributed by atoms with E-state index in [1.165, 1.54) is 50.6 Å². The summed E-state index contributed by atoms with van der Waals surface area (Å²) in [5.41, 5.74) is 1.39. The van der Waals surface area contributed by atoms with E-state index in [4.69, 9.17) is 5.10 Å². The summed E-state index contributed by atoms with van der Waals surface area (Å²) >= 11 is 0. The average Bonchev–Trinajstić information content (AvgIpc) is 2.86. The topological polar surface area (TPSA) is 29.9 Å². The molecule has 0 amide bonds. The SMILES string of the molecule is CCCC(C)(C)NCc1ccn(C2CCCCC2)n1. The zero-order chi connectivity index (χ0) is 13.7. The molecule has 0 spiro atoms. The Kier molecular flexibility index (Phi) is 5.03. The van der Waals surface area contributed by atoms with E-state index in [0.717, 1.165) is 6.54 Å². The minimum absolute atomic E-state index is 0.212. The van der Waals surface area contributed by atoms with Crippen molar-refractivity contribution in [2.45, 2.75) is 83.8 Å². The molecule has 1 aliphatic rings. The summed E-state index contributed by atoms with van der Waals surface area (Å²) in [4.78, 5) is 0. The van der Waals surface area contributed by atoms with E-state index in [1.807, 2.05) is 0 Å². The molecule has 0 aromatic carbocycles. The molecule has 1 aromatic rings. The Morgan fingerprint density at radius 2 is 2.05 bits per heavy atom. The monoisotopic (exact) mass is 263 g/mol. The largest absolute Gasteiger partial charge is 0.306 e. The quantitative estimate of drug-likeness (QED) is 0.839. The summed E-state index contributed by atoms with van der Waals surface area (Å²) in [6.45, 7) is 7.66. The van der Waals surface area contributed by atoms with Gasteiger partial charge in [0, 0.05) is 18.3 Å². The molecule has 0 unspecified atom stereocenters. The maximum atomic E-state index is 4.75. The summed E-state index contributed by atoms with van der Waals surface area (Å²) in [5, 5.41) is 8.37. The molecule has 1 aliphatic carbocycles. The molecule has 108 valence electrons. The fourth-order valence-electron chi connectivity index (χ4n) is 3.06. The normalized spacial score (nSPS) is 17.8. The Labute approximate surface area is 117 Å². The Bertz CT molecular complexity index is 375. The van der Waals surface area contributed by atoms with Crippen LogP contribution in [0, 0.1) is 0 Å². The van der Waals surface area contributed by atoms with Gasteiger partial charge >= 0.3 is 0 Å². The second-order valence-electron chi connectivity index (χ2n) is 6.57. The van der Waals surface area contributed by atoms with E-state index in [0.29, 0.717) is 6.04 Å².